The summed E-state index contributed by atoms with van der Waals surface area (Å²) in [7, 11) is 0. The Labute approximate surface area is 137 Å². The van der Waals surface area contributed by atoms with Crippen molar-refractivity contribution < 1.29 is 4.74 Å². The maximum Gasteiger partial charge on any atom is 0.316 e. The highest BCUT2D eigenvalue weighted by molar-refractivity contribution is 6.36. The molecule has 3 aromatic rings. The average Bonchev–Trinajstić information content (AvgIpc) is 3.02. The lowest BCUT2D eigenvalue weighted by Crippen LogP contribution is -2.01. The number of nitrogens with one attached hydrogen (secondary N) is 1. The summed E-state index contributed by atoms with van der Waals surface area (Å²) in [6.07, 6.45) is 5.06. The van der Waals surface area contributed by atoms with Crippen LogP contribution in [0.2, 0.25) is 10.0 Å². The molecule has 0 atom stereocenters. The van der Waals surface area contributed by atoms with Crippen molar-refractivity contribution in [2.45, 2.75) is 6.92 Å². The lowest BCUT2D eigenvalue weighted by Gasteiger charge is -2.10. The highest BCUT2D eigenvalue weighted by Crippen LogP contribution is 2.35. The summed E-state index contributed by atoms with van der Waals surface area (Å²) in [6.45, 7) is 2.35. The number of rotatable bonds is 4. The number of nitrogens with zero attached hydrogens (tertiary/aromatic N) is 3. The first-order valence-corrected chi connectivity index (χ1v) is 7.39. The molecule has 0 aliphatic rings. The summed E-state index contributed by atoms with van der Waals surface area (Å²) in [5.74, 6) is 0.657. The van der Waals surface area contributed by atoms with Gasteiger partial charge in [-0.3, -0.25) is 0 Å². The van der Waals surface area contributed by atoms with Gasteiger partial charge in [0.25, 0.3) is 0 Å². The molecule has 0 unspecified atom stereocenters. The number of benzene rings is 1. The lowest BCUT2D eigenvalue weighted by molar-refractivity contribution is 0.313. The van der Waals surface area contributed by atoms with Crippen LogP contribution in [-0.2, 0) is 0 Å². The molecule has 0 saturated heterocycles. The molecular formula is C15H12Cl2N4O. The van der Waals surface area contributed by atoms with Crippen molar-refractivity contribution in [3.8, 4) is 28.7 Å². The number of hydrogen-bond donors (Lipinski definition) is 1. The zero-order valence-electron chi connectivity index (χ0n) is 11.7. The Bertz CT molecular complexity index is 790. The molecule has 0 saturated carbocycles. The average molecular weight is 335 g/mol. The minimum atomic E-state index is 0.291. The quantitative estimate of drug-likeness (QED) is 0.775. The van der Waals surface area contributed by atoms with Gasteiger partial charge in [0.2, 0.25) is 0 Å². The van der Waals surface area contributed by atoms with Gasteiger partial charge in [0, 0.05) is 29.2 Å². The fourth-order valence-electron chi connectivity index (χ4n) is 2.04. The fraction of sp³-hybridized carbons (Fsp3) is 0.133. The maximum absolute atomic E-state index is 6.31. The summed E-state index contributed by atoms with van der Waals surface area (Å²) in [4.78, 5) is 15.9. The molecule has 5 nitrogen and oxygen atoms in total. The van der Waals surface area contributed by atoms with Crippen LogP contribution in [0.5, 0.6) is 6.01 Å². The Kier molecular flexibility index (Phi) is 4.27. The van der Waals surface area contributed by atoms with Gasteiger partial charge in [-0.05, 0) is 25.1 Å². The second-order valence-corrected chi connectivity index (χ2v) is 5.25. The molecule has 22 heavy (non-hydrogen) atoms. The predicted molar refractivity (Wildman–Crippen MR) is 86.2 cm³/mol. The molecule has 0 aliphatic heterocycles. The Balaban J connectivity index is 2.20. The molecule has 3 rings (SSSR count). The van der Waals surface area contributed by atoms with Crippen molar-refractivity contribution in [1.82, 2.24) is 19.9 Å². The molecule has 0 spiro atoms. The molecule has 1 N–H and O–H groups in total. The molecule has 112 valence electrons. The summed E-state index contributed by atoms with van der Waals surface area (Å²) in [5.41, 5.74) is 2.11. The molecule has 2 aromatic heterocycles. The van der Waals surface area contributed by atoms with E-state index < -0.39 is 0 Å². The van der Waals surface area contributed by atoms with E-state index in [1.807, 2.05) is 13.0 Å². The maximum atomic E-state index is 6.31. The van der Waals surface area contributed by atoms with Gasteiger partial charge < -0.3 is 9.72 Å². The minimum Gasteiger partial charge on any atom is -0.464 e. The number of aromatic nitrogens is 4. The molecule has 7 heteroatoms. The lowest BCUT2D eigenvalue weighted by atomic mass is 10.1. The van der Waals surface area contributed by atoms with E-state index in [9.17, 15) is 0 Å². The van der Waals surface area contributed by atoms with E-state index in [-0.39, 0.29) is 0 Å². The molecular weight excluding hydrogens is 323 g/mol. The molecule has 0 amide bonds. The molecule has 1 aromatic carbocycles. The number of halogens is 2. The molecule has 0 bridgehead atoms. The van der Waals surface area contributed by atoms with Crippen molar-refractivity contribution >= 4 is 23.2 Å². The summed E-state index contributed by atoms with van der Waals surface area (Å²) >= 11 is 12.3. The third-order valence-electron chi connectivity index (χ3n) is 2.98. The molecule has 0 fully saturated rings. The topological polar surface area (TPSA) is 63.7 Å². The van der Waals surface area contributed by atoms with Crippen LogP contribution in [0, 0.1) is 0 Å². The van der Waals surface area contributed by atoms with Gasteiger partial charge in [0.15, 0.2) is 0 Å². The number of aromatic amines is 1. The first-order chi connectivity index (χ1) is 10.7. The number of hydrogen-bond acceptors (Lipinski definition) is 4. The highest BCUT2D eigenvalue weighted by atomic mass is 35.5. The minimum absolute atomic E-state index is 0.291. The molecule has 0 radical (unpaired) electrons. The van der Waals surface area contributed by atoms with Gasteiger partial charge in [-0.25, -0.2) is 9.97 Å². The third kappa shape index (κ3) is 2.91. The van der Waals surface area contributed by atoms with E-state index in [2.05, 4.69) is 19.9 Å². The van der Waals surface area contributed by atoms with E-state index in [0.29, 0.717) is 34.2 Å². The zero-order chi connectivity index (χ0) is 15.5. The number of H-pyrrole nitrogens is 1. The van der Waals surface area contributed by atoms with Gasteiger partial charge in [-0.1, -0.05) is 23.2 Å². The number of ether oxygens (including phenoxy) is 1. The summed E-state index contributed by atoms with van der Waals surface area (Å²) < 4.78 is 5.38. The van der Waals surface area contributed by atoms with Crippen molar-refractivity contribution in [3.05, 3.63) is 46.8 Å². The van der Waals surface area contributed by atoms with Crippen LogP contribution < -0.4 is 4.74 Å². The van der Waals surface area contributed by atoms with Crippen LogP contribution in [0.3, 0.4) is 0 Å². The van der Waals surface area contributed by atoms with E-state index in [1.54, 1.807) is 30.7 Å². The van der Waals surface area contributed by atoms with Crippen LogP contribution in [-0.4, -0.2) is 26.5 Å². The zero-order valence-corrected chi connectivity index (χ0v) is 13.2. The van der Waals surface area contributed by atoms with Gasteiger partial charge in [0.05, 0.1) is 22.9 Å². The Morgan fingerprint density at radius 3 is 2.73 bits per heavy atom. The van der Waals surface area contributed by atoms with Gasteiger partial charge in [-0.2, -0.15) is 4.98 Å². The smallest absolute Gasteiger partial charge is 0.316 e. The second-order valence-electron chi connectivity index (χ2n) is 4.41. The second kappa shape index (κ2) is 6.34. The van der Waals surface area contributed by atoms with E-state index in [4.69, 9.17) is 27.9 Å². The predicted octanol–water partition coefficient (Wildman–Crippen LogP) is 4.24. The number of imidazole rings is 1. The Morgan fingerprint density at radius 2 is 2.05 bits per heavy atom. The van der Waals surface area contributed by atoms with Crippen LogP contribution in [0.25, 0.3) is 22.6 Å². The van der Waals surface area contributed by atoms with Gasteiger partial charge in [-0.15, -0.1) is 0 Å². The Hall–Kier alpha value is -2.11. The molecule has 0 aliphatic carbocycles. The van der Waals surface area contributed by atoms with Crippen molar-refractivity contribution in [2.24, 2.45) is 0 Å². The first kappa shape index (κ1) is 14.8. The third-order valence-corrected chi connectivity index (χ3v) is 3.53. The van der Waals surface area contributed by atoms with Gasteiger partial charge >= 0.3 is 6.01 Å². The van der Waals surface area contributed by atoms with Crippen LogP contribution >= 0.6 is 23.2 Å². The van der Waals surface area contributed by atoms with Gasteiger partial charge in [0.1, 0.15) is 5.82 Å². The molecule has 2 heterocycles. The van der Waals surface area contributed by atoms with E-state index in [1.165, 1.54) is 0 Å². The SMILES string of the molecule is CCOc1ncc(-c2ncc[nH]2)c(-c2ccc(Cl)cc2Cl)n1. The van der Waals surface area contributed by atoms with E-state index >= 15 is 0 Å². The summed E-state index contributed by atoms with van der Waals surface area (Å²) in [6, 6.07) is 5.54. The van der Waals surface area contributed by atoms with Crippen molar-refractivity contribution in [3.63, 3.8) is 0 Å². The standard InChI is InChI=1S/C15H12Cl2N4O/c1-2-22-15-20-8-11(14-18-5-6-19-14)13(21-15)10-4-3-9(16)7-12(10)17/h3-8H,2H2,1H3,(H,18,19). The largest absolute Gasteiger partial charge is 0.464 e. The monoisotopic (exact) mass is 334 g/mol. The normalized spacial score (nSPS) is 10.7. The first-order valence-electron chi connectivity index (χ1n) is 6.64. The Morgan fingerprint density at radius 1 is 1.18 bits per heavy atom. The summed E-state index contributed by atoms with van der Waals surface area (Å²) in [5, 5.41) is 1.06. The van der Waals surface area contributed by atoms with Crippen molar-refractivity contribution in [2.75, 3.05) is 6.61 Å². The van der Waals surface area contributed by atoms with Crippen molar-refractivity contribution in [1.29, 1.82) is 0 Å². The highest BCUT2D eigenvalue weighted by Gasteiger charge is 2.16. The van der Waals surface area contributed by atoms with Crippen LogP contribution in [0.1, 0.15) is 6.92 Å². The van der Waals surface area contributed by atoms with E-state index in [0.717, 1.165) is 11.1 Å². The van der Waals surface area contributed by atoms with Crippen LogP contribution in [0.15, 0.2) is 36.8 Å². The fourth-order valence-corrected chi connectivity index (χ4v) is 2.53. The van der Waals surface area contributed by atoms with Crippen LogP contribution in [0.4, 0.5) is 0 Å².